The number of hydrogen-bond acceptors (Lipinski definition) is 5. The van der Waals surface area contributed by atoms with Gasteiger partial charge in [-0.05, 0) is 20.8 Å². The third-order valence-electron chi connectivity index (χ3n) is 2.69. The van der Waals surface area contributed by atoms with Gasteiger partial charge in [0.05, 0.1) is 0 Å². The fraction of sp³-hybridized carbons (Fsp3) is 0.750. The summed E-state index contributed by atoms with van der Waals surface area (Å²) in [5.41, 5.74) is 0. The summed E-state index contributed by atoms with van der Waals surface area (Å²) in [4.78, 5) is 10.9. The van der Waals surface area contributed by atoms with Gasteiger partial charge in [0.15, 0.2) is 18.4 Å². The Balaban J connectivity index is 2.04. The Morgan fingerprint density at radius 2 is 2.18 bits per heavy atom. The van der Waals surface area contributed by atoms with E-state index in [1.165, 1.54) is 0 Å². The third-order valence-corrected chi connectivity index (χ3v) is 2.69. The molecule has 0 amide bonds. The molecule has 0 N–H and O–H groups in total. The van der Waals surface area contributed by atoms with Crippen molar-refractivity contribution in [2.75, 3.05) is 6.61 Å². The molecule has 2 saturated heterocycles. The number of hydrogen-bond donors (Lipinski definition) is 0. The molecule has 0 saturated carbocycles. The van der Waals surface area contributed by atoms with Crippen LogP contribution < -0.4 is 0 Å². The maximum atomic E-state index is 10.9. The Morgan fingerprint density at radius 3 is 2.82 bits per heavy atom. The van der Waals surface area contributed by atoms with Gasteiger partial charge >= 0.3 is 0 Å². The average Bonchev–Trinajstić information content (AvgIpc) is 2.72. The molecule has 2 aliphatic rings. The van der Waals surface area contributed by atoms with Crippen LogP contribution in [0.4, 0.5) is 0 Å². The van der Waals surface area contributed by atoms with Crippen molar-refractivity contribution >= 4 is 6.29 Å². The first-order valence-electron chi connectivity index (χ1n) is 5.55. The van der Waals surface area contributed by atoms with Crippen LogP contribution in [0.1, 0.15) is 20.8 Å². The number of ether oxygens (including phenoxy) is 4. The summed E-state index contributed by atoms with van der Waals surface area (Å²) in [5, 5.41) is 0. The van der Waals surface area contributed by atoms with Gasteiger partial charge in [0.1, 0.15) is 24.9 Å². The van der Waals surface area contributed by atoms with Crippen LogP contribution in [0.3, 0.4) is 0 Å². The van der Waals surface area contributed by atoms with Crippen LogP contribution in [-0.2, 0) is 23.7 Å². The Morgan fingerprint density at radius 1 is 1.41 bits per heavy atom. The van der Waals surface area contributed by atoms with E-state index in [9.17, 15) is 4.79 Å². The maximum absolute atomic E-state index is 10.9. The fourth-order valence-electron chi connectivity index (χ4n) is 2.01. The molecule has 0 aromatic heterocycles. The van der Waals surface area contributed by atoms with Crippen LogP contribution in [0.25, 0.3) is 0 Å². The SMILES string of the molecule is CC#CCO[C@@H]1[C@H]2OC(C)(C)O[C@H]2O[C@@H]1C=O. The van der Waals surface area contributed by atoms with Crippen LogP contribution in [0, 0.1) is 11.8 Å². The zero-order valence-corrected chi connectivity index (χ0v) is 10.1. The average molecular weight is 240 g/mol. The molecule has 17 heavy (non-hydrogen) atoms. The Hall–Kier alpha value is -0.930. The molecule has 94 valence electrons. The molecular formula is C12H16O5. The number of carbonyl (C=O) groups is 1. The van der Waals surface area contributed by atoms with Crippen molar-refractivity contribution in [1.82, 2.24) is 0 Å². The normalized spacial score (nSPS) is 38.3. The van der Waals surface area contributed by atoms with Crippen LogP contribution in [0.5, 0.6) is 0 Å². The lowest BCUT2D eigenvalue weighted by Crippen LogP contribution is -2.37. The quantitative estimate of drug-likeness (QED) is 0.530. The molecule has 2 rings (SSSR count). The summed E-state index contributed by atoms with van der Waals surface area (Å²) in [6.07, 6.45) is -1.32. The fourth-order valence-corrected chi connectivity index (χ4v) is 2.01. The Labute approximate surface area is 100 Å². The largest absolute Gasteiger partial charge is 0.359 e. The van der Waals surface area contributed by atoms with Crippen LogP contribution in [-0.4, -0.2) is 43.3 Å². The van der Waals surface area contributed by atoms with E-state index in [1.54, 1.807) is 20.8 Å². The first-order valence-corrected chi connectivity index (χ1v) is 5.55. The number of aldehydes is 1. The molecule has 0 radical (unpaired) electrons. The minimum atomic E-state index is -0.707. The van der Waals surface area contributed by atoms with E-state index >= 15 is 0 Å². The molecule has 0 aliphatic carbocycles. The summed E-state index contributed by atoms with van der Waals surface area (Å²) in [6.45, 7) is 5.58. The number of carbonyl (C=O) groups excluding carboxylic acids is 1. The third kappa shape index (κ3) is 2.50. The number of fused-ring (bicyclic) bond motifs is 1. The van der Waals surface area contributed by atoms with Crippen molar-refractivity contribution in [2.45, 2.75) is 51.2 Å². The van der Waals surface area contributed by atoms with E-state index in [1.807, 2.05) is 0 Å². The molecule has 0 bridgehead atoms. The van der Waals surface area contributed by atoms with E-state index < -0.39 is 24.3 Å². The highest BCUT2D eigenvalue weighted by atomic mass is 16.8. The van der Waals surface area contributed by atoms with Gasteiger partial charge in [0.25, 0.3) is 0 Å². The topological polar surface area (TPSA) is 54.0 Å². The molecule has 5 nitrogen and oxygen atoms in total. The molecule has 4 atom stereocenters. The molecule has 0 spiro atoms. The van der Waals surface area contributed by atoms with Gasteiger partial charge in [-0.15, -0.1) is 5.92 Å². The molecule has 2 fully saturated rings. The zero-order chi connectivity index (χ0) is 12.5. The minimum absolute atomic E-state index is 0.252. The maximum Gasteiger partial charge on any atom is 0.190 e. The lowest BCUT2D eigenvalue weighted by molar-refractivity contribution is -0.214. The second-order valence-corrected chi connectivity index (χ2v) is 4.41. The predicted molar refractivity (Wildman–Crippen MR) is 58.0 cm³/mol. The second kappa shape index (κ2) is 4.75. The van der Waals surface area contributed by atoms with E-state index in [4.69, 9.17) is 18.9 Å². The van der Waals surface area contributed by atoms with Crippen molar-refractivity contribution in [3.8, 4) is 11.8 Å². The Bertz CT molecular complexity index is 354. The summed E-state index contributed by atoms with van der Waals surface area (Å²) in [5.74, 6) is 4.80. The minimum Gasteiger partial charge on any atom is -0.359 e. The standard InChI is InChI=1S/C12H16O5/c1-4-5-6-14-9-8(7-13)15-11-10(9)16-12(2,3)17-11/h7-11H,6H2,1-3H3/t8-,9+,10-,11-/m1/s1. The van der Waals surface area contributed by atoms with Gasteiger partial charge in [0.2, 0.25) is 0 Å². The molecule has 0 aromatic carbocycles. The van der Waals surface area contributed by atoms with E-state index in [0.29, 0.717) is 6.29 Å². The second-order valence-electron chi connectivity index (χ2n) is 4.41. The van der Waals surface area contributed by atoms with Gasteiger partial charge < -0.3 is 23.7 Å². The highest BCUT2D eigenvalue weighted by molar-refractivity contribution is 5.58. The van der Waals surface area contributed by atoms with Crippen molar-refractivity contribution in [1.29, 1.82) is 0 Å². The molecule has 2 heterocycles. The molecule has 0 aromatic rings. The van der Waals surface area contributed by atoms with Crippen LogP contribution >= 0.6 is 0 Å². The van der Waals surface area contributed by atoms with E-state index in [2.05, 4.69) is 11.8 Å². The summed E-state index contributed by atoms with van der Waals surface area (Å²) < 4.78 is 22.1. The van der Waals surface area contributed by atoms with Crippen LogP contribution in [0.15, 0.2) is 0 Å². The summed E-state index contributed by atoms with van der Waals surface area (Å²) in [6, 6.07) is 0. The monoisotopic (exact) mass is 240 g/mol. The van der Waals surface area contributed by atoms with Crippen molar-refractivity contribution in [2.24, 2.45) is 0 Å². The van der Waals surface area contributed by atoms with Gasteiger partial charge in [-0.3, -0.25) is 0 Å². The highest BCUT2D eigenvalue weighted by Gasteiger charge is 2.55. The molecular weight excluding hydrogens is 224 g/mol. The zero-order valence-electron chi connectivity index (χ0n) is 10.1. The van der Waals surface area contributed by atoms with Crippen molar-refractivity contribution in [3.05, 3.63) is 0 Å². The van der Waals surface area contributed by atoms with E-state index in [0.717, 1.165) is 0 Å². The molecule has 2 aliphatic heterocycles. The van der Waals surface area contributed by atoms with Gasteiger partial charge in [-0.2, -0.15) is 0 Å². The molecule has 0 unspecified atom stereocenters. The Kier molecular flexibility index (Phi) is 3.50. The van der Waals surface area contributed by atoms with Crippen molar-refractivity contribution in [3.63, 3.8) is 0 Å². The van der Waals surface area contributed by atoms with Gasteiger partial charge in [0, 0.05) is 0 Å². The molecule has 5 heteroatoms. The first-order chi connectivity index (χ1) is 8.07. The first kappa shape index (κ1) is 12.5. The summed E-state index contributed by atoms with van der Waals surface area (Å²) >= 11 is 0. The predicted octanol–water partition coefficient (Wildman–Crippen LogP) is 0.470. The van der Waals surface area contributed by atoms with E-state index in [-0.39, 0.29) is 12.7 Å². The highest BCUT2D eigenvalue weighted by Crippen LogP contribution is 2.38. The van der Waals surface area contributed by atoms with Crippen molar-refractivity contribution < 1.29 is 23.7 Å². The van der Waals surface area contributed by atoms with Gasteiger partial charge in [-0.1, -0.05) is 5.92 Å². The van der Waals surface area contributed by atoms with Gasteiger partial charge in [-0.25, -0.2) is 0 Å². The summed E-state index contributed by atoms with van der Waals surface area (Å²) in [7, 11) is 0. The lowest BCUT2D eigenvalue weighted by Gasteiger charge is -2.22. The lowest BCUT2D eigenvalue weighted by atomic mass is 10.1. The van der Waals surface area contributed by atoms with Crippen LogP contribution in [0.2, 0.25) is 0 Å². The smallest absolute Gasteiger partial charge is 0.190 e. The number of rotatable bonds is 3.